The van der Waals surface area contributed by atoms with Crippen LogP contribution in [0.2, 0.25) is 0 Å². The second kappa shape index (κ2) is 2.94. The molecule has 0 saturated heterocycles. The van der Waals surface area contributed by atoms with E-state index in [4.69, 9.17) is 0 Å². The van der Waals surface area contributed by atoms with E-state index in [1.807, 2.05) is 0 Å². The molecule has 2 aliphatic carbocycles. The van der Waals surface area contributed by atoms with Crippen molar-refractivity contribution < 1.29 is 4.57 Å². The van der Waals surface area contributed by atoms with Crippen LogP contribution in [0, 0.1) is 5.92 Å². The van der Waals surface area contributed by atoms with Gasteiger partial charge >= 0.3 is 0 Å². The zero-order valence-corrected chi connectivity index (χ0v) is 9.13. The topological polar surface area (TPSA) is 3.88 Å². The minimum Gasteiger partial charge on any atom is -0.168 e. The Hall–Kier alpha value is -1.63. The number of nitrogens with zero attached hydrogens (tertiary/aromatic N) is 1. The number of fused-ring (bicyclic) bond motifs is 5. The van der Waals surface area contributed by atoms with Gasteiger partial charge in [-0.2, -0.15) is 4.57 Å². The maximum Gasteiger partial charge on any atom is 0.194 e. The van der Waals surface area contributed by atoms with Gasteiger partial charge in [-0.15, -0.1) is 0 Å². The van der Waals surface area contributed by atoms with Crippen LogP contribution in [0.3, 0.4) is 0 Å². The highest BCUT2D eigenvalue weighted by molar-refractivity contribution is 5.55. The first-order valence-corrected chi connectivity index (χ1v) is 6.03. The van der Waals surface area contributed by atoms with Crippen LogP contribution in [0.4, 0.5) is 0 Å². The lowest BCUT2D eigenvalue weighted by Gasteiger charge is -2.34. The van der Waals surface area contributed by atoms with Crippen LogP contribution >= 0.6 is 0 Å². The van der Waals surface area contributed by atoms with Crippen molar-refractivity contribution in [3.8, 4) is 0 Å². The summed E-state index contributed by atoms with van der Waals surface area (Å²) in [6.07, 6.45) is 13.8. The van der Waals surface area contributed by atoms with E-state index in [0.717, 1.165) is 0 Å². The highest BCUT2D eigenvalue weighted by atomic mass is 15.0. The lowest BCUT2D eigenvalue weighted by Crippen LogP contribution is -2.47. The molecular weight excluding hydrogens is 194 g/mol. The fraction of sp³-hybridized carbons (Fsp3) is 0.267. The molecule has 0 N–H and O–H groups in total. The third-order valence-corrected chi connectivity index (χ3v) is 4.06. The van der Waals surface area contributed by atoms with E-state index in [0.29, 0.717) is 11.8 Å². The second-order valence-corrected chi connectivity index (χ2v) is 4.79. The molecule has 0 spiro atoms. The molecule has 2 unspecified atom stereocenters. The monoisotopic (exact) mass is 208 g/mol. The van der Waals surface area contributed by atoms with Crippen LogP contribution in [0.5, 0.6) is 0 Å². The molecule has 0 aromatic carbocycles. The summed E-state index contributed by atoms with van der Waals surface area (Å²) < 4.78 is 2.41. The van der Waals surface area contributed by atoms with Crippen molar-refractivity contribution in [2.45, 2.75) is 18.8 Å². The van der Waals surface area contributed by atoms with Gasteiger partial charge in [0.05, 0.1) is 5.92 Å². The predicted octanol–water partition coefficient (Wildman–Crippen LogP) is 2.82. The van der Waals surface area contributed by atoms with E-state index in [2.05, 4.69) is 53.3 Å². The van der Waals surface area contributed by atoms with E-state index in [1.165, 1.54) is 18.5 Å². The summed E-state index contributed by atoms with van der Waals surface area (Å²) in [5, 5.41) is 0. The van der Waals surface area contributed by atoms with Crippen LogP contribution < -0.4 is 4.57 Å². The van der Waals surface area contributed by atoms with Crippen molar-refractivity contribution in [3.63, 3.8) is 0 Å². The highest BCUT2D eigenvalue weighted by Gasteiger charge is 2.43. The smallest absolute Gasteiger partial charge is 0.168 e. The van der Waals surface area contributed by atoms with Gasteiger partial charge < -0.3 is 0 Å². The summed E-state index contributed by atoms with van der Waals surface area (Å²) in [4.78, 5) is 0. The molecule has 2 heterocycles. The normalized spacial score (nSPS) is 29.2. The van der Waals surface area contributed by atoms with E-state index in [1.54, 1.807) is 11.3 Å². The summed E-state index contributed by atoms with van der Waals surface area (Å²) >= 11 is 0. The molecule has 4 rings (SSSR count). The Morgan fingerprint density at radius 2 is 1.88 bits per heavy atom. The molecule has 0 amide bonds. The van der Waals surface area contributed by atoms with Crippen molar-refractivity contribution in [1.82, 2.24) is 0 Å². The summed E-state index contributed by atoms with van der Waals surface area (Å²) in [6.45, 7) is 0. The SMILES string of the molecule is C1=CC2C3=C(CC3)[n+]3ccccc3C2C=C1. The van der Waals surface area contributed by atoms with Crippen LogP contribution in [0.1, 0.15) is 24.5 Å². The van der Waals surface area contributed by atoms with E-state index in [9.17, 15) is 0 Å². The number of rotatable bonds is 0. The largest absolute Gasteiger partial charge is 0.194 e. The predicted molar refractivity (Wildman–Crippen MR) is 63.6 cm³/mol. The fourth-order valence-electron chi connectivity index (χ4n) is 3.21. The van der Waals surface area contributed by atoms with Gasteiger partial charge in [0.1, 0.15) is 0 Å². The average molecular weight is 208 g/mol. The molecule has 1 aliphatic heterocycles. The highest BCUT2D eigenvalue weighted by Crippen LogP contribution is 2.46. The van der Waals surface area contributed by atoms with Gasteiger partial charge in [-0.05, 0) is 6.42 Å². The number of hydrogen-bond acceptors (Lipinski definition) is 0. The zero-order valence-electron chi connectivity index (χ0n) is 9.13. The van der Waals surface area contributed by atoms with Crippen LogP contribution in [0.15, 0.2) is 54.3 Å². The van der Waals surface area contributed by atoms with Gasteiger partial charge in [-0.25, -0.2) is 0 Å². The first kappa shape index (κ1) is 8.51. The van der Waals surface area contributed by atoms with Gasteiger partial charge in [0, 0.05) is 30.0 Å². The number of pyridine rings is 1. The maximum absolute atomic E-state index is 2.41. The lowest BCUT2D eigenvalue weighted by molar-refractivity contribution is -0.599. The Morgan fingerprint density at radius 1 is 1.00 bits per heavy atom. The molecule has 16 heavy (non-hydrogen) atoms. The summed E-state index contributed by atoms with van der Waals surface area (Å²) in [7, 11) is 0. The van der Waals surface area contributed by atoms with Crippen molar-refractivity contribution in [1.29, 1.82) is 0 Å². The van der Waals surface area contributed by atoms with Gasteiger partial charge in [0.2, 0.25) is 0 Å². The first-order chi connectivity index (χ1) is 7.95. The summed E-state index contributed by atoms with van der Waals surface area (Å²) in [6, 6.07) is 6.55. The molecule has 1 nitrogen and oxygen atoms in total. The number of allylic oxidation sites excluding steroid dienone is 6. The molecule has 0 bridgehead atoms. The minimum absolute atomic E-state index is 0.560. The molecule has 0 saturated carbocycles. The molecule has 2 atom stereocenters. The van der Waals surface area contributed by atoms with Crippen LogP contribution in [-0.2, 0) is 0 Å². The molecule has 78 valence electrons. The first-order valence-electron chi connectivity index (χ1n) is 6.03. The Kier molecular flexibility index (Phi) is 1.57. The third-order valence-electron chi connectivity index (χ3n) is 4.06. The fourth-order valence-corrected chi connectivity index (χ4v) is 3.21. The van der Waals surface area contributed by atoms with E-state index in [-0.39, 0.29) is 0 Å². The lowest BCUT2D eigenvalue weighted by atomic mass is 9.71. The van der Waals surface area contributed by atoms with Crippen molar-refractivity contribution in [2.75, 3.05) is 0 Å². The minimum atomic E-state index is 0.560. The van der Waals surface area contributed by atoms with Crippen molar-refractivity contribution in [2.24, 2.45) is 5.92 Å². The molecule has 1 aromatic rings. The van der Waals surface area contributed by atoms with Crippen molar-refractivity contribution >= 4 is 5.70 Å². The molecule has 0 fully saturated rings. The Morgan fingerprint density at radius 3 is 2.69 bits per heavy atom. The summed E-state index contributed by atoms with van der Waals surface area (Å²) in [5.41, 5.74) is 4.66. The van der Waals surface area contributed by atoms with Crippen LogP contribution in [-0.4, -0.2) is 0 Å². The van der Waals surface area contributed by atoms with Gasteiger partial charge in [0.15, 0.2) is 17.6 Å². The zero-order chi connectivity index (χ0) is 10.5. The standard InChI is InChI=1S/C15H14N/c1-2-6-12-11(5-1)13-8-9-15(13)16-10-4-3-7-14(12)16/h1-7,10-12H,8-9H2/q+1. The van der Waals surface area contributed by atoms with Crippen LogP contribution in [0.25, 0.3) is 5.70 Å². The van der Waals surface area contributed by atoms with Gasteiger partial charge in [-0.3, -0.25) is 0 Å². The number of aromatic nitrogens is 1. The van der Waals surface area contributed by atoms with E-state index >= 15 is 0 Å². The number of hydrogen-bond donors (Lipinski definition) is 0. The Balaban J connectivity index is 1.99. The van der Waals surface area contributed by atoms with Crippen molar-refractivity contribution in [3.05, 3.63) is 60.0 Å². The maximum atomic E-state index is 2.41. The summed E-state index contributed by atoms with van der Waals surface area (Å²) in [5.74, 6) is 1.20. The Labute approximate surface area is 95.4 Å². The second-order valence-electron chi connectivity index (χ2n) is 4.79. The average Bonchev–Trinajstić information content (AvgIpc) is 2.29. The molecular formula is C15H14N+. The molecule has 3 aliphatic rings. The molecule has 1 aromatic heterocycles. The molecule has 0 radical (unpaired) electrons. The van der Waals surface area contributed by atoms with Gasteiger partial charge in [0.25, 0.3) is 0 Å². The van der Waals surface area contributed by atoms with Gasteiger partial charge in [-0.1, -0.05) is 30.4 Å². The van der Waals surface area contributed by atoms with E-state index < -0.39 is 0 Å². The quantitative estimate of drug-likeness (QED) is 0.577. The Bertz CT molecular complexity index is 548. The molecule has 1 heteroatoms. The third kappa shape index (κ3) is 0.934.